The van der Waals surface area contributed by atoms with Crippen molar-refractivity contribution in [1.82, 2.24) is 4.90 Å². The van der Waals surface area contributed by atoms with Crippen molar-refractivity contribution in [3.63, 3.8) is 0 Å². The number of nitrogens with zero attached hydrogens (tertiary/aromatic N) is 1. The van der Waals surface area contributed by atoms with E-state index in [1.165, 1.54) is 0 Å². The van der Waals surface area contributed by atoms with E-state index in [2.05, 4.69) is 0 Å². The van der Waals surface area contributed by atoms with Gasteiger partial charge in [0.05, 0.1) is 5.75 Å². The molecule has 26 heavy (non-hydrogen) atoms. The highest BCUT2D eigenvalue weighted by Gasteiger charge is 2.30. The number of hydrogen-bond acceptors (Lipinski definition) is 3. The van der Waals surface area contributed by atoms with Gasteiger partial charge in [-0.1, -0.05) is 60.7 Å². The molecule has 1 heterocycles. The fraction of sp³-hybridized carbons (Fsp3) is 0.350. The normalized spacial score (nSPS) is 17.6. The summed E-state index contributed by atoms with van der Waals surface area (Å²) in [6.45, 7) is 1.06. The van der Waals surface area contributed by atoms with Gasteiger partial charge in [-0.2, -0.15) is 0 Å². The first-order valence-electron chi connectivity index (χ1n) is 8.80. The first-order chi connectivity index (χ1) is 12.4. The molecule has 1 aliphatic heterocycles. The molecule has 2 N–H and O–H groups in total. The summed E-state index contributed by atoms with van der Waals surface area (Å²) in [5.41, 5.74) is 2.21. The minimum Gasteiger partial charge on any atom is -0.342 e. The quantitative estimate of drug-likeness (QED) is 0.845. The van der Waals surface area contributed by atoms with Crippen molar-refractivity contribution in [3.8, 4) is 0 Å². The summed E-state index contributed by atoms with van der Waals surface area (Å²) >= 11 is 0. The van der Waals surface area contributed by atoms with E-state index in [0.29, 0.717) is 25.9 Å². The van der Waals surface area contributed by atoms with Gasteiger partial charge in [-0.05, 0) is 23.5 Å². The topological polar surface area (TPSA) is 80.5 Å². The van der Waals surface area contributed by atoms with Crippen LogP contribution in [0, 0.1) is 5.92 Å². The molecule has 5 nitrogen and oxygen atoms in total. The molecule has 6 heteroatoms. The molecule has 1 unspecified atom stereocenters. The van der Waals surface area contributed by atoms with Gasteiger partial charge in [0.15, 0.2) is 0 Å². The summed E-state index contributed by atoms with van der Waals surface area (Å²) in [7, 11) is -3.50. The standard InChI is InChI=1S/C20H24N2O3S/c21-26(24,25)15-16-11-12-22(14-16)20(23)13-19(17-7-3-1-4-8-17)18-9-5-2-6-10-18/h1-10,16,19H,11-15H2,(H2,21,24,25). The Labute approximate surface area is 154 Å². The fourth-order valence-electron chi connectivity index (χ4n) is 3.63. The van der Waals surface area contributed by atoms with Gasteiger partial charge in [0.2, 0.25) is 15.9 Å². The summed E-state index contributed by atoms with van der Waals surface area (Å²) < 4.78 is 22.6. The Balaban J connectivity index is 1.73. The van der Waals surface area contributed by atoms with Crippen LogP contribution in [0.2, 0.25) is 0 Å². The zero-order chi connectivity index (χ0) is 18.6. The Hall–Kier alpha value is -2.18. The Morgan fingerprint density at radius 3 is 2.08 bits per heavy atom. The monoisotopic (exact) mass is 372 g/mol. The lowest BCUT2D eigenvalue weighted by Crippen LogP contribution is -2.31. The SMILES string of the molecule is NS(=O)(=O)CC1CCN(C(=O)CC(c2ccccc2)c2ccccc2)C1. The summed E-state index contributed by atoms with van der Waals surface area (Å²) in [5.74, 6) is -0.0833. The smallest absolute Gasteiger partial charge is 0.223 e. The van der Waals surface area contributed by atoms with Crippen molar-refractivity contribution >= 4 is 15.9 Å². The maximum Gasteiger partial charge on any atom is 0.223 e. The molecule has 2 aromatic carbocycles. The van der Waals surface area contributed by atoms with Gasteiger partial charge in [0, 0.05) is 25.4 Å². The Kier molecular flexibility index (Phi) is 5.74. The molecule has 1 saturated heterocycles. The average molecular weight is 372 g/mol. The van der Waals surface area contributed by atoms with Crippen molar-refractivity contribution in [3.05, 3.63) is 71.8 Å². The van der Waals surface area contributed by atoms with Crippen molar-refractivity contribution < 1.29 is 13.2 Å². The predicted octanol–water partition coefficient (Wildman–Crippen LogP) is 2.35. The lowest BCUT2D eigenvalue weighted by Gasteiger charge is -2.22. The van der Waals surface area contributed by atoms with Crippen LogP contribution in [0.25, 0.3) is 0 Å². The van der Waals surface area contributed by atoms with Crippen molar-refractivity contribution in [2.75, 3.05) is 18.8 Å². The minimum absolute atomic E-state index is 0.0119. The number of rotatable bonds is 6. The third kappa shape index (κ3) is 4.93. The van der Waals surface area contributed by atoms with Crippen LogP contribution in [-0.2, 0) is 14.8 Å². The molecular formula is C20H24N2O3S. The van der Waals surface area contributed by atoms with Gasteiger partial charge in [-0.25, -0.2) is 13.6 Å². The van der Waals surface area contributed by atoms with Crippen molar-refractivity contribution in [1.29, 1.82) is 0 Å². The van der Waals surface area contributed by atoms with Crippen molar-refractivity contribution in [2.45, 2.75) is 18.8 Å². The second-order valence-electron chi connectivity index (χ2n) is 6.90. The molecule has 0 radical (unpaired) electrons. The molecule has 0 saturated carbocycles. The zero-order valence-electron chi connectivity index (χ0n) is 14.6. The van der Waals surface area contributed by atoms with E-state index < -0.39 is 10.0 Å². The maximum absolute atomic E-state index is 12.9. The Bertz CT molecular complexity index is 798. The Morgan fingerprint density at radius 1 is 1.04 bits per heavy atom. The number of sulfonamides is 1. The third-order valence-electron chi connectivity index (χ3n) is 4.89. The third-order valence-corrected chi connectivity index (χ3v) is 5.83. The molecular weight excluding hydrogens is 348 g/mol. The van der Waals surface area contributed by atoms with Crippen LogP contribution in [-0.4, -0.2) is 38.1 Å². The second-order valence-corrected chi connectivity index (χ2v) is 8.56. The first kappa shape index (κ1) is 18.6. The number of amides is 1. The molecule has 0 spiro atoms. The molecule has 1 amide bonds. The molecule has 0 bridgehead atoms. The van der Waals surface area contributed by atoms with Gasteiger partial charge in [0.1, 0.15) is 0 Å². The number of hydrogen-bond donors (Lipinski definition) is 1. The van der Waals surface area contributed by atoms with Gasteiger partial charge in [-0.3, -0.25) is 4.79 Å². The highest BCUT2D eigenvalue weighted by molar-refractivity contribution is 7.89. The Morgan fingerprint density at radius 2 is 1.58 bits per heavy atom. The van der Waals surface area contributed by atoms with E-state index in [9.17, 15) is 13.2 Å². The van der Waals surface area contributed by atoms with E-state index in [4.69, 9.17) is 5.14 Å². The number of likely N-dealkylation sites (tertiary alicyclic amines) is 1. The molecule has 0 aromatic heterocycles. The van der Waals surface area contributed by atoms with Gasteiger partial charge in [-0.15, -0.1) is 0 Å². The highest BCUT2D eigenvalue weighted by atomic mass is 32.2. The van der Waals surface area contributed by atoms with Crippen LogP contribution < -0.4 is 5.14 Å². The maximum atomic E-state index is 12.9. The molecule has 1 aliphatic rings. The number of carbonyl (C=O) groups excluding carboxylic acids is 1. The highest BCUT2D eigenvalue weighted by Crippen LogP contribution is 2.29. The minimum atomic E-state index is -3.50. The van der Waals surface area contributed by atoms with E-state index in [0.717, 1.165) is 11.1 Å². The van der Waals surface area contributed by atoms with Crippen LogP contribution >= 0.6 is 0 Å². The van der Waals surface area contributed by atoms with Gasteiger partial charge < -0.3 is 4.90 Å². The number of nitrogens with two attached hydrogens (primary N) is 1. The van der Waals surface area contributed by atoms with E-state index in [1.807, 2.05) is 60.7 Å². The molecule has 0 aliphatic carbocycles. The van der Waals surface area contributed by atoms with Crippen LogP contribution in [0.4, 0.5) is 0 Å². The predicted molar refractivity (Wildman–Crippen MR) is 102 cm³/mol. The van der Waals surface area contributed by atoms with E-state index in [-0.39, 0.29) is 23.5 Å². The lowest BCUT2D eigenvalue weighted by atomic mass is 9.88. The van der Waals surface area contributed by atoms with Crippen LogP contribution in [0.1, 0.15) is 29.9 Å². The molecule has 3 rings (SSSR count). The van der Waals surface area contributed by atoms with E-state index in [1.54, 1.807) is 4.90 Å². The van der Waals surface area contributed by atoms with Crippen LogP contribution in [0.15, 0.2) is 60.7 Å². The molecule has 1 fully saturated rings. The lowest BCUT2D eigenvalue weighted by molar-refractivity contribution is -0.130. The summed E-state index contributed by atoms with van der Waals surface area (Å²) in [6.07, 6.45) is 1.06. The van der Waals surface area contributed by atoms with Gasteiger partial charge >= 0.3 is 0 Å². The molecule has 138 valence electrons. The van der Waals surface area contributed by atoms with Crippen LogP contribution in [0.5, 0.6) is 0 Å². The number of benzene rings is 2. The zero-order valence-corrected chi connectivity index (χ0v) is 15.4. The molecule has 2 aromatic rings. The van der Waals surface area contributed by atoms with Crippen molar-refractivity contribution in [2.24, 2.45) is 11.1 Å². The number of carbonyl (C=O) groups is 1. The second kappa shape index (κ2) is 8.01. The van der Waals surface area contributed by atoms with Gasteiger partial charge in [0.25, 0.3) is 0 Å². The summed E-state index contributed by atoms with van der Waals surface area (Å²) in [6, 6.07) is 20.0. The number of primary sulfonamides is 1. The average Bonchev–Trinajstić information content (AvgIpc) is 3.07. The summed E-state index contributed by atoms with van der Waals surface area (Å²) in [5, 5.41) is 5.14. The first-order valence-corrected chi connectivity index (χ1v) is 10.5. The van der Waals surface area contributed by atoms with Crippen LogP contribution in [0.3, 0.4) is 0 Å². The summed E-state index contributed by atoms with van der Waals surface area (Å²) in [4.78, 5) is 14.6. The fourth-order valence-corrected chi connectivity index (χ4v) is 4.56. The molecule has 1 atom stereocenters. The van der Waals surface area contributed by atoms with E-state index >= 15 is 0 Å². The largest absolute Gasteiger partial charge is 0.342 e.